The molecule has 7 aromatic rings. The van der Waals surface area contributed by atoms with Crippen LogP contribution < -0.4 is 0 Å². The first kappa shape index (κ1) is 31.1. The molecule has 0 bridgehead atoms. The minimum atomic E-state index is 0.0531. The highest BCUT2D eigenvalue weighted by Crippen LogP contribution is 2.32. The summed E-state index contributed by atoms with van der Waals surface area (Å²) in [7, 11) is 0. The maximum atomic E-state index is 5.37. The molecule has 3 heterocycles. The number of nitrogens with one attached hydrogen (secondary N) is 1. The molecule has 0 aliphatic carbocycles. The zero-order valence-electron chi connectivity index (χ0n) is 27.8. The minimum absolute atomic E-state index is 0.0531. The van der Waals surface area contributed by atoms with Crippen LogP contribution in [0.4, 0.5) is 0 Å². The Morgan fingerprint density at radius 3 is 1.83 bits per heavy atom. The van der Waals surface area contributed by atoms with E-state index in [9.17, 15) is 0 Å². The number of aromatic amines is 1. The van der Waals surface area contributed by atoms with Crippen molar-refractivity contribution < 1.29 is 0 Å². The van der Waals surface area contributed by atoms with Crippen LogP contribution in [0.5, 0.6) is 0 Å². The lowest BCUT2D eigenvalue weighted by Crippen LogP contribution is -2.15. The van der Waals surface area contributed by atoms with Crippen molar-refractivity contribution in [1.29, 1.82) is 0 Å². The van der Waals surface area contributed by atoms with Gasteiger partial charge in [-0.05, 0) is 69.3 Å². The van der Waals surface area contributed by atoms with E-state index in [0.717, 1.165) is 77.0 Å². The zero-order valence-corrected chi connectivity index (χ0v) is 27.8. The fourth-order valence-electron chi connectivity index (χ4n) is 6.33. The molecule has 1 N–H and O–H groups in total. The number of benzene rings is 4. The van der Waals surface area contributed by atoms with E-state index in [0.29, 0.717) is 12.4 Å². The van der Waals surface area contributed by atoms with Gasteiger partial charge >= 0.3 is 0 Å². The van der Waals surface area contributed by atoms with E-state index in [2.05, 4.69) is 137 Å². The summed E-state index contributed by atoms with van der Waals surface area (Å²) >= 11 is 0. The Morgan fingerprint density at radius 1 is 0.604 bits per heavy atom. The summed E-state index contributed by atoms with van der Waals surface area (Å²) in [6.07, 6.45) is 4.20. The van der Waals surface area contributed by atoms with Gasteiger partial charge in [-0.2, -0.15) is 10.2 Å². The Kier molecular flexibility index (Phi) is 8.88. The van der Waals surface area contributed by atoms with Crippen LogP contribution in [0.2, 0.25) is 0 Å². The minimum Gasteiger partial charge on any atom is -0.322 e. The first-order valence-corrected chi connectivity index (χ1v) is 16.7. The molecule has 240 valence electrons. The first-order valence-electron chi connectivity index (χ1n) is 16.7. The van der Waals surface area contributed by atoms with Gasteiger partial charge in [0.1, 0.15) is 11.3 Å². The second kappa shape index (κ2) is 13.7. The van der Waals surface area contributed by atoms with Crippen molar-refractivity contribution in [3.63, 3.8) is 0 Å². The summed E-state index contributed by atoms with van der Waals surface area (Å²) in [5.41, 5.74) is 11.0. The van der Waals surface area contributed by atoms with E-state index in [1.807, 2.05) is 18.2 Å². The number of imidazole rings is 1. The number of aromatic nitrogens is 8. The van der Waals surface area contributed by atoms with Gasteiger partial charge in [0.05, 0.1) is 16.9 Å². The number of hydrogen-bond donors (Lipinski definition) is 1. The van der Waals surface area contributed by atoms with Gasteiger partial charge in [-0.3, -0.25) is 0 Å². The van der Waals surface area contributed by atoms with Gasteiger partial charge < -0.3 is 4.57 Å². The lowest BCUT2D eigenvalue weighted by atomic mass is 9.92. The third kappa shape index (κ3) is 7.08. The summed E-state index contributed by atoms with van der Waals surface area (Å²) in [6.45, 7) is 7.51. The second-order valence-electron chi connectivity index (χ2n) is 13.6. The molecule has 0 radical (unpaired) electrons. The third-order valence-electron chi connectivity index (χ3n) is 8.69. The number of tetrazole rings is 1. The van der Waals surface area contributed by atoms with Gasteiger partial charge in [-0.15, -0.1) is 5.10 Å². The molecule has 0 amide bonds. The van der Waals surface area contributed by atoms with Crippen LogP contribution in [-0.4, -0.2) is 40.4 Å². The predicted octanol–water partition coefficient (Wildman–Crippen LogP) is 7.88. The van der Waals surface area contributed by atoms with Crippen LogP contribution in [0, 0.1) is 5.41 Å². The lowest BCUT2D eigenvalue weighted by Gasteiger charge is -2.19. The Balaban J connectivity index is 1.28. The highest BCUT2D eigenvalue weighted by atomic mass is 15.5. The maximum absolute atomic E-state index is 5.37. The molecule has 0 fully saturated rings. The molecule has 0 atom stereocenters. The number of fused-ring (bicyclic) bond motifs is 1. The molecule has 0 saturated carbocycles. The number of hydrogen-bond acceptors (Lipinski definition) is 6. The number of rotatable bonds is 11. The summed E-state index contributed by atoms with van der Waals surface area (Å²) in [5.74, 6) is 1.72. The van der Waals surface area contributed by atoms with Crippen molar-refractivity contribution >= 4 is 11.0 Å². The van der Waals surface area contributed by atoms with E-state index in [4.69, 9.17) is 15.2 Å². The molecule has 0 unspecified atom stereocenters. The highest BCUT2D eigenvalue weighted by Gasteiger charge is 2.23. The van der Waals surface area contributed by atoms with Crippen molar-refractivity contribution in [1.82, 2.24) is 40.4 Å². The topological polar surface area (TPSA) is 98.1 Å². The maximum Gasteiger partial charge on any atom is 0.180 e. The average molecular weight is 633 g/mol. The monoisotopic (exact) mass is 632 g/mol. The molecule has 0 aliphatic heterocycles. The van der Waals surface area contributed by atoms with Gasteiger partial charge in [0.2, 0.25) is 0 Å². The average Bonchev–Trinajstić information content (AvgIpc) is 3.76. The van der Waals surface area contributed by atoms with Crippen molar-refractivity contribution in [2.45, 2.75) is 59.4 Å². The Labute approximate surface area is 281 Å². The summed E-state index contributed by atoms with van der Waals surface area (Å²) in [5, 5.41) is 24.3. The third-order valence-corrected chi connectivity index (χ3v) is 8.69. The molecular formula is C40H40N8. The first-order chi connectivity index (χ1) is 23.4. The van der Waals surface area contributed by atoms with Crippen molar-refractivity contribution in [3.05, 3.63) is 143 Å². The highest BCUT2D eigenvalue weighted by molar-refractivity contribution is 5.81. The van der Waals surface area contributed by atoms with E-state index in [1.54, 1.807) is 0 Å². The molecule has 48 heavy (non-hydrogen) atoms. The molecule has 4 aromatic carbocycles. The molecule has 3 aromatic heterocycles. The zero-order chi connectivity index (χ0) is 32.9. The van der Waals surface area contributed by atoms with Crippen LogP contribution in [0.25, 0.3) is 33.5 Å². The largest absolute Gasteiger partial charge is 0.322 e. The number of H-pyrrole nitrogens is 1. The van der Waals surface area contributed by atoms with Crippen LogP contribution in [0.3, 0.4) is 0 Å². The number of nitrogens with zero attached hydrogens (tertiary/aromatic N) is 7. The van der Waals surface area contributed by atoms with Gasteiger partial charge in [0, 0.05) is 18.5 Å². The molecule has 7 rings (SSSR count). The van der Waals surface area contributed by atoms with Crippen LogP contribution >= 0.6 is 0 Å². The van der Waals surface area contributed by atoms with E-state index >= 15 is 0 Å². The second-order valence-corrected chi connectivity index (χ2v) is 13.6. The van der Waals surface area contributed by atoms with Crippen molar-refractivity contribution in [2.75, 3.05) is 0 Å². The number of aryl methyl sites for hydroxylation is 4. The Morgan fingerprint density at radius 2 is 1.21 bits per heavy atom. The lowest BCUT2D eigenvalue weighted by molar-refractivity contribution is 0.394. The van der Waals surface area contributed by atoms with Gasteiger partial charge in [0.25, 0.3) is 0 Å². The van der Waals surface area contributed by atoms with Crippen molar-refractivity contribution in [2.24, 2.45) is 5.41 Å². The smallest absolute Gasteiger partial charge is 0.180 e. The summed E-state index contributed by atoms with van der Waals surface area (Å²) in [6, 6.07) is 38.2. The van der Waals surface area contributed by atoms with E-state index in [1.165, 1.54) is 16.7 Å². The Hall–Kier alpha value is -5.50. The van der Waals surface area contributed by atoms with E-state index in [-0.39, 0.29) is 5.41 Å². The fraction of sp³-hybridized carbons (Fsp3) is 0.250. The summed E-state index contributed by atoms with van der Waals surface area (Å²) in [4.78, 5) is 5.37. The molecular weight excluding hydrogens is 592 g/mol. The van der Waals surface area contributed by atoms with Crippen LogP contribution in [0.1, 0.15) is 54.7 Å². The molecule has 0 spiro atoms. The normalized spacial score (nSPS) is 11.7. The molecule has 0 aliphatic rings. The molecule has 0 saturated heterocycles. The van der Waals surface area contributed by atoms with Gasteiger partial charge in [-0.1, -0.05) is 130 Å². The van der Waals surface area contributed by atoms with E-state index < -0.39 is 0 Å². The van der Waals surface area contributed by atoms with Crippen LogP contribution in [-0.2, 0) is 38.6 Å². The standard InChI is InChI=1S/C40H40N8/c1-40(2,3)26-36-41-37-34(24-20-28-12-6-4-7-13-28)42-43-35(25-21-29-14-8-5-9-15-29)38(37)48(36)27-30-18-22-31(23-19-30)32-16-10-11-17-33(32)39-44-46-47-45-39/h4-19,22-23H,20-21,24-27H2,1-3H3,(H,44,45,46,47). The van der Waals surface area contributed by atoms with Crippen LogP contribution in [0.15, 0.2) is 109 Å². The van der Waals surface area contributed by atoms with Crippen molar-refractivity contribution in [3.8, 4) is 22.5 Å². The quantitative estimate of drug-likeness (QED) is 0.156. The Bertz CT molecular complexity index is 2090. The van der Waals surface area contributed by atoms with Gasteiger partial charge in [0.15, 0.2) is 5.82 Å². The molecule has 8 nitrogen and oxygen atoms in total. The SMILES string of the molecule is CC(C)(C)Cc1nc2c(CCc3ccccc3)nnc(CCc3ccccc3)c2n1Cc1ccc(-c2ccccc2-c2nnn[nH]2)cc1. The van der Waals surface area contributed by atoms with Gasteiger partial charge in [-0.25, -0.2) is 10.1 Å². The fourth-order valence-corrected chi connectivity index (χ4v) is 6.33. The molecule has 8 heteroatoms. The summed E-state index contributed by atoms with van der Waals surface area (Å²) < 4.78 is 2.41. The predicted molar refractivity (Wildman–Crippen MR) is 190 cm³/mol.